The van der Waals surface area contributed by atoms with Crippen LogP contribution < -0.4 is 14.2 Å². The fourth-order valence-corrected chi connectivity index (χ4v) is 4.26. The van der Waals surface area contributed by atoms with Crippen molar-refractivity contribution < 1.29 is 14.2 Å². The van der Waals surface area contributed by atoms with E-state index in [-0.39, 0.29) is 5.41 Å². The summed E-state index contributed by atoms with van der Waals surface area (Å²) in [7, 11) is 4.76. The molecule has 1 aromatic heterocycles. The third-order valence-electron chi connectivity index (χ3n) is 5.18. The molecule has 0 bridgehead atoms. The van der Waals surface area contributed by atoms with E-state index >= 15 is 0 Å². The maximum absolute atomic E-state index is 5.49. The predicted octanol–water partition coefficient (Wildman–Crippen LogP) is 4.63. The second-order valence-corrected chi connectivity index (χ2v) is 9.14. The van der Waals surface area contributed by atoms with Crippen molar-refractivity contribution in [1.29, 1.82) is 0 Å². The molecule has 0 radical (unpaired) electrons. The smallest absolute Gasteiger partial charge is 0.212 e. The monoisotopic (exact) mass is 438 g/mol. The van der Waals surface area contributed by atoms with Crippen LogP contribution in [-0.4, -0.2) is 47.7 Å². The van der Waals surface area contributed by atoms with Crippen LogP contribution in [0.2, 0.25) is 0 Å². The maximum Gasteiger partial charge on any atom is 0.212 e. The first-order valence-electron chi connectivity index (χ1n) is 9.93. The third-order valence-corrected chi connectivity index (χ3v) is 6.11. The fourth-order valence-electron chi connectivity index (χ4n) is 3.42. The molecule has 2 heterocycles. The molecule has 0 saturated heterocycles. The standard InChI is InChI=1S/C23H26N4O3S/c1-23(2,3)16-9-7-14(8-10-16)17-13-31-22-25-24-21(27(22)26-17)15-11-18(28-4)20(30-6)19(12-15)29-5/h7-12H,13H2,1-6H3. The van der Waals surface area contributed by atoms with Crippen LogP contribution in [0, 0.1) is 0 Å². The normalized spacial score (nSPS) is 13.4. The number of benzene rings is 2. The topological polar surface area (TPSA) is 70.8 Å². The number of hydrogen-bond acceptors (Lipinski definition) is 7. The van der Waals surface area contributed by atoms with Gasteiger partial charge in [0.1, 0.15) is 0 Å². The summed E-state index contributed by atoms with van der Waals surface area (Å²) < 4.78 is 18.2. The first kappa shape index (κ1) is 21.2. The van der Waals surface area contributed by atoms with Crippen molar-refractivity contribution in [2.24, 2.45) is 5.10 Å². The predicted molar refractivity (Wildman–Crippen MR) is 123 cm³/mol. The highest BCUT2D eigenvalue weighted by atomic mass is 32.2. The highest BCUT2D eigenvalue weighted by Crippen LogP contribution is 2.41. The van der Waals surface area contributed by atoms with Crippen LogP contribution in [0.4, 0.5) is 0 Å². The minimum absolute atomic E-state index is 0.114. The molecule has 0 N–H and O–H groups in total. The lowest BCUT2D eigenvalue weighted by Crippen LogP contribution is -2.15. The molecule has 1 aliphatic heterocycles. The average molecular weight is 439 g/mol. The van der Waals surface area contributed by atoms with Crippen molar-refractivity contribution in [2.45, 2.75) is 31.3 Å². The Morgan fingerprint density at radius 1 is 0.871 bits per heavy atom. The summed E-state index contributed by atoms with van der Waals surface area (Å²) in [6.07, 6.45) is 0. The molecule has 2 aromatic carbocycles. The Hall–Kier alpha value is -3.00. The molecule has 8 heteroatoms. The molecular weight excluding hydrogens is 412 g/mol. The molecule has 162 valence electrons. The first-order chi connectivity index (χ1) is 14.9. The molecule has 1 aliphatic rings. The zero-order valence-electron chi connectivity index (χ0n) is 18.6. The lowest BCUT2D eigenvalue weighted by molar-refractivity contribution is 0.324. The van der Waals surface area contributed by atoms with Crippen molar-refractivity contribution in [3.05, 3.63) is 47.5 Å². The van der Waals surface area contributed by atoms with Gasteiger partial charge in [0.05, 0.1) is 27.0 Å². The van der Waals surface area contributed by atoms with Gasteiger partial charge in [0.25, 0.3) is 0 Å². The van der Waals surface area contributed by atoms with Crippen molar-refractivity contribution in [1.82, 2.24) is 14.9 Å². The summed E-state index contributed by atoms with van der Waals surface area (Å²) in [5.41, 5.74) is 4.26. The molecule has 0 amide bonds. The Labute approximate surface area is 186 Å². The Kier molecular flexibility index (Phi) is 5.66. The van der Waals surface area contributed by atoms with Gasteiger partial charge < -0.3 is 14.2 Å². The minimum atomic E-state index is 0.114. The van der Waals surface area contributed by atoms with Gasteiger partial charge in [-0.25, -0.2) is 0 Å². The Balaban J connectivity index is 1.76. The van der Waals surface area contributed by atoms with Crippen LogP contribution >= 0.6 is 11.8 Å². The van der Waals surface area contributed by atoms with Gasteiger partial charge >= 0.3 is 0 Å². The SMILES string of the molecule is COc1cc(-c2nnc3n2N=C(c2ccc(C(C)(C)C)cc2)CS3)cc(OC)c1OC. The van der Waals surface area contributed by atoms with Gasteiger partial charge in [-0.15, -0.1) is 10.2 Å². The molecule has 31 heavy (non-hydrogen) atoms. The molecule has 0 unspecified atom stereocenters. The van der Waals surface area contributed by atoms with Crippen molar-refractivity contribution in [3.8, 4) is 28.6 Å². The zero-order valence-corrected chi connectivity index (χ0v) is 19.4. The van der Waals surface area contributed by atoms with Crippen molar-refractivity contribution >= 4 is 17.5 Å². The van der Waals surface area contributed by atoms with E-state index < -0.39 is 0 Å². The minimum Gasteiger partial charge on any atom is -0.493 e. The number of nitrogens with zero attached hydrogens (tertiary/aromatic N) is 4. The summed E-state index contributed by atoms with van der Waals surface area (Å²) in [4.78, 5) is 0. The van der Waals surface area contributed by atoms with Crippen LogP contribution in [0.5, 0.6) is 17.2 Å². The van der Waals surface area contributed by atoms with Crippen LogP contribution in [0.15, 0.2) is 46.7 Å². The van der Waals surface area contributed by atoms with E-state index in [9.17, 15) is 0 Å². The summed E-state index contributed by atoms with van der Waals surface area (Å²) in [6, 6.07) is 12.3. The number of rotatable bonds is 5. The van der Waals surface area contributed by atoms with Gasteiger partial charge in [0, 0.05) is 11.3 Å². The van der Waals surface area contributed by atoms with Gasteiger partial charge in [-0.2, -0.15) is 9.78 Å². The highest BCUT2D eigenvalue weighted by molar-refractivity contribution is 7.99. The number of aromatic nitrogens is 3. The van der Waals surface area contributed by atoms with E-state index in [1.165, 1.54) is 5.56 Å². The van der Waals surface area contributed by atoms with Gasteiger partial charge in [-0.1, -0.05) is 56.8 Å². The molecule has 0 spiro atoms. The van der Waals surface area contributed by atoms with Gasteiger partial charge in [-0.05, 0) is 28.7 Å². The summed E-state index contributed by atoms with van der Waals surface area (Å²) >= 11 is 1.62. The largest absolute Gasteiger partial charge is 0.493 e. The van der Waals surface area contributed by atoms with Crippen LogP contribution in [0.3, 0.4) is 0 Å². The molecule has 7 nitrogen and oxygen atoms in total. The second kappa shape index (κ2) is 8.26. The van der Waals surface area contributed by atoms with Crippen LogP contribution in [-0.2, 0) is 5.41 Å². The van der Waals surface area contributed by atoms with E-state index in [1.807, 2.05) is 12.1 Å². The molecule has 0 saturated carbocycles. The third kappa shape index (κ3) is 3.99. The van der Waals surface area contributed by atoms with Gasteiger partial charge in [0.15, 0.2) is 17.3 Å². The van der Waals surface area contributed by atoms with E-state index in [1.54, 1.807) is 37.8 Å². The summed E-state index contributed by atoms with van der Waals surface area (Å²) in [5, 5.41) is 14.3. The van der Waals surface area contributed by atoms with E-state index in [0.717, 1.165) is 27.7 Å². The second-order valence-electron chi connectivity index (χ2n) is 8.19. The number of fused-ring (bicyclic) bond motifs is 1. The Bertz CT molecular complexity index is 1110. The van der Waals surface area contributed by atoms with E-state index in [0.29, 0.717) is 23.1 Å². The van der Waals surface area contributed by atoms with Crippen molar-refractivity contribution in [2.75, 3.05) is 27.1 Å². The maximum atomic E-state index is 5.49. The summed E-state index contributed by atoms with van der Waals surface area (Å²) in [5.74, 6) is 3.00. The van der Waals surface area contributed by atoms with Crippen molar-refractivity contribution in [3.63, 3.8) is 0 Å². The van der Waals surface area contributed by atoms with Crippen LogP contribution in [0.1, 0.15) is 31.9 Å². The quantitative estimate of drug-likeness (QED) is 0.579. The average Bonchev–Trinajstić information content (AvgIpc) is 3.20. The Morgan fingerprint density at radius 3 is 2.06 bits per heavy atom. The van der Waals surface area contributed by atoms with E-state index in [2.05, 4.69) is 55.2 Å². The zero-order chi connectivity index (χ0) is 22.2. The summed E-state index contributed by atoms with van der Waals surface area (Å²) in [6.45, 7) is 6.63. The molecule has 0 atom stereocenters. The molecule has 3 aromatic rings. The molecule has 0 aliphatic carbocycles. The molecule has 0 fully saturated rings. The fraction of sp³-hybridized carbons (Fsp3) is 0.348. The van der Waals surface area contributed by atoms with E-state index in [4.69, 9.17) is 19.3 Å². The number of thioether (sulfide) groups is 1. The molecular formula is C23H26N4O3S. The van der Waals surface area contributed by atoms with Gasteiger partial charge in [-0.3, -0.25) is 0 Å². The first-order valence-corrected chi connectivity index (χ1v) is 10.9. The Morgan fingerprint density at radius 2 is 1.52 bits per heavy atom. The van der Waals surface area contributed by atoms with Gasteiger partial charge in [0.2, 0.25) is 10.9 Å². The number of ether oxygens (including phenoxy) is 3. The highest BCUT2D eigenvalue weighted by Gasteiger charge is 2.23. The number of hydrogen-bond donors (Lipinski definition) is 0. The molecule has 4 rings (SSSR count). The lowest BCUT2D eigenvalue weighted by Gasteiger charge is -2.20. The van der Waals surface area contributed by atoms with Crippen LogP contribution in [0.25, 0.3) is 11.4 Å². The number of methoxy groups -OCH3 is 3. The lowest BCUT2D eigenvalue weighted by atomic mass is 9.86.